The van der Waals surface area contributed by atoms with Crippen LogP contribution in [0.4, 0.5) is 26.3 Å². The van der Waals surface area contributed by atoms with Gasteiger partial charge in [-0.3, -0.25) is 0 Å². The Balaban J connectivity index is 1.71. The third kappa shape index (κ3) is 1.91. The van der Waals surface area contributed by atoms with Crippen LogP contribution in [0.5, 0.6) is 0 Å². The summed E-state index contributed by atoms with van der Waals surface area (Å²) in [5.41, 5.74) is -6.74. The second-order valence-corrected chi connectivity index (χ2v) is 9.32. The minimum Gasteiger partial charge on any atom is -0.381 e. The van der Waals surface area contributed by atoms with Crippen LogP contribution in [0.25, 0.3) is 0 Å². The number of rotatable bonds is 2. The fraction of sp³-hybridized carbons (Fsp3) is 1.00. The summed E-state index contributed by atoms with van der Waals surface area (Å²) < 4.78 is 84.5. The highest BCUT2D eigenvalue weighted by Gasteiger charge is 2.82. The van der Waals surface area contributed by atoms with Crippen molar-refractivity contribution < 1.29 is 31.4 Å². The van der Waals surface area contributed by atoms with Gasteiger partial charge in [-0.1, -0.05) is 13.8 Å². The molecule has 1 N–H and O–H groups in total. The predicted molar refractivity (Wildman–Crippen MR) is 78.6 cm³/mol. The molecular weight excluding hydrogens is 346 g/mol. The Bertz CT molecular complexity index is 587. The van der Waals surface area contributed by atoms with Crippen LogP contribution in [-0.4, -0.2) is 28.5 Å². The molecule has 0 aromatic heterocycles. The van der Waals surface area contributed by atoms with Crippen molar-refractivity contribution in [2.45, 2.75) is 63.4 Å². The first-order valence-electron chi connectivity index (χ1n) is 9.10. The lowest BCUT2D eigenvalue weighted by atomic mass is 9.59. The summed E-state index contributed by atoms with van der Waals surface area (Å²) in [6.07, 6.45) is -5.99. The molecule has 25 heavy (non-hydrogen) atoms. The van der Waals surface area contributed by atoms with Crippen LogP contribution in [-0.2, 0) is 0 Å². The maximum absolute atomic E-state index is 15.6. The van der Waals surface area contributed by atoms with E-state index in [1.165, 1.54) is 0 Å². The summed E-state index contributed by atoms with van der Waals surface area (Å²) in [7, 11) is 0. The molecule has 0 radical (unpaired) electrons. The molecule has 10 unspecified atom stereocenters. The molecule has 4 bridgehead atoms. The smallest absolute Gasteiger partial charge is 0.381 e. The van der Waals surface area contributed by atoms with Crippen LogP contribution in [0.1, 0.15) is 40.0 Å². The van der Waals surface area contributed by atoms with E-state index in [0.29, 0.717) is 12.8 Å². The van der Waals surface area contributed by atoms with Crippen molar-refractivity contribution in [2.24, 2.45) is 47.3 Å². The SMILES string of the molecule is CC1C(C)C2CC1C1C2C2CC1C(F)(F)C2(F)CC(C)(O)C(F)(F)F. The van der Waals surface area contributed by atoms with Gasteiger partial charge in [0.05, 0.1) is 0 Å². The molecule has 4 rings (SSSR count). The number of hydrogen-bond acceptors (Lipinski definition) is 1. The van der Waals surface area contributed by atoms with E-state index in [1.54, 1.807) is 0 Å². The number of fused-ring (bicyclic) bond motifs is 9. The number of halogens is 6. The summed E-state index contributed by atoms with van der Waals surface area (Å²) in [6.45, 7) is 4.49. The van der Waals surface area contributed by atoms with E-state index in [1.807, 2.05) is 13.8 Å². The Hall–Kier alpha value is -0.460. The highest BCUT2D eigenvalue weighted by atomic mass is 19.4. The monoisotopic (exact) mass is 370 g/mol. The lowest BCUT2D eigenvalue weighted by molar-refractivity contribution is -0.289. The Kier molecular flexibility index (Phi) is 3.36. The first kappa shape index (κ1) is 17.9. The standard InChI is InChI=1S/C18H24F6O/c1-7-8(2)10-4-9(7)13-11-5-12(14(10)13)17(20,21)16(11,19)6-15(3,25)18(22,23)24/h7-14,25H,4-6H2,1-3H3. The van der Waals surface area contributed by atoms with Crippen LogP contribution < -0.4 is 0 Å². The molecule has 0 aromatic carbocycles. The van der Waals surface area contributed by atoms with Gasteiger partial charge in [-0.05, 0) is 55.3 Å². The first-order chi connectivity index (χ1) is 11.2. The van der Waals surface area contributed by atoms with Gasteiger partial charge in [0.1, 0.15) is 0 Å². The lowest BCUT2D eigenvalue weighted by Gasteiger charge is -2.50. The van der Waals surface area contributed by atoms with Gasteiger partial charge < -0.3 is 5.11 Å². The lowest BCUT2D eigenvalue weighted by Crippen LogP contribution is -2.61. The number of alkyl halides is 6. The molecule has 144 valence electrons. The molecule has 4 fully saturated rings. The second-order valence-electron chi connectivity index (χ2n) is 9.32. The zero-order chi connectivity index (χ0) is 18.7. The van der Waals surface area contributed by atoms with E-state index in [-0.39, 0.29) is 36.0 Å². The van der Waals surface area contributed by atoms with E-state index >= 15 is 4.39 Å². The summed E-state index contributed by atoms with van der Waals surface area (Å²) >= 11 is 0. The molecule has 0 amide bonds. The average Bonchev–Trinajstić information content (AvgIpc) is 3.11. The molecule has 0 saturated heterocycles. The predicted octanol–water partition coefficient (Wildman–Crippen LogP) is 4.84. The molecule has 0 aromatic rings. The molecule has 10 atom stereocenters. The zero-order valence-electron chi connectivity index (χ0n) is 14.5. The quantitative estimate of drug-likeness (QED) is 0.545. The van der Waals surface area contributed by atoms with Crippen molar-refractivity contribution in [3.63, 3.8) is 0 Å². The highest BCUT2D eigenvalue weighted by Crippen LogP contribution is 2.77. The summed E-state index contributed by atoms with van der Waals surface area (Å²) in [5.74, 6) is -5.83. The zero-order valence-corrected chi connectivity index (χ0v) is 14.5. The van der Waals surface area contributed by atoms with Crippen LogP contribution in [0.2, 0.25) is 0 Å². The van der Waals surface area contributed by atoms with Crippen molar-refractivity contribution in [1.82, 2.24) is 0 Å². The third-order valence-corrected chi connectivity index (χ3v) is 8.41. The van der Waals surface area contributed by atoms with Gasteiger partial charge in [0.25, 0.3) is 5.92 Å². The van der Waals surface area contributed by atoms with Gasteiger partial charge in [-0.25, -0.2) is 13.2 Å². The fourth-order valence-corrected chi connectivity index (χ4v) is 7.12. The topological polar surface area (TPSA) is 20.2 Å². The van der Waals surface area contributed by atoms with Crippen molar-refractivity contribution in [3.05, 3.63) is 0 Å². The van der Waals surface area contributed by atoms with Gasteiger partial charge in [0.2, 0.25) is 0 Å². The highest BCUT2D eigenvalue weighted by molar-refractivity contribution is 5.25. The maximum Gasteiger partial charge on any atom is 0.417 e. The van der Waals surface area contributed by atoms with E-state index < -0.39 is 41.6 Å². The molecule has 0 heterocycles. The van der Waals surface area contributed by atoms with Gasteiger partial charge in [0, 0.05) is 18.3 Å². The minimum atomic E-state index is -5.14. The fourth-order valence-electron chi connectivity index (χ4n) is 7.12. The maximum atomic E-state index is 15.6. The third-order valence-electron chi connectivity index (χ3n) is 8.41. The van der Waals surface area contributed by atoms with Crippen LogP contribution >= 0.6 is 0 Å². The van der Waals surface area contributed by atoms with Gasteiger partial charge in [-0.2, -0.15) is 13.2 Å². The van der Waals surface area contributed by atoms with E-state index in [9.17, 15) is 27.1 Å². The molecule has 1 nitrogen and oxygen atoms in total. The van der Waals surface area contributed by atoms with Crippen molar-refractivity contribution in [1.29, 1.82) is 0 Å². The summed E-state index contributed by atoms with van der Waals surface area (Å²) in [6, 6.07) is 0. The molecular formula is C18H24F6O. The average molecular weight is 370 g/mol. The molecule has 0 aliphatic heterocycles. The largest absolute Gasteiger partial charge is 0.417 e. The van der Waals surface area contributed by atoms with Crippen molar-refractivity contribution in [3.8, 4) is 0 Å². The Morgan fingerprint density at radius 3 is 1.88 bits per heavy atom. The Morgan fingerprint density at radius 2 is 1.40 bits per heavy atom. The van der Waals surface area contributed by atoms with Crippen LogP contribution in [0, 0.1) is 47.3 Å². The van der Waals surface area contributed by atoms with Crippen molar-refractivity contribution >= 4 is 0 Å². The van der Waals surface area contributed by atoms with Gasteiger partial charge >= 0.3 is 6.18 Å². The molecule has 0 spiro atoms. The van der Waals surface area contributed by atoms with Gasteiger partial charge in [-0.15, -0.1) is 0 Å². The number of hydrogen-bond donors (Lipinski definition) is 1. The summed E-state index contributed by atoms with van der Waals surface area (Å²) in [5, 5.41) is 9.71. The number of aliphatic hydroxyl groups is 1. The Labute approximate surface area is 143 Å². The molecule has 7 heteroatoms. The minimum absolute atomic E-state index is 0.0563. The van der Waals surface area contributed by atoms with Gasteiger partial charge in [0.15, 0.2) is 11.3 Å². The van der Waals surface area contributed by atoms with Crippen molar-refractivity contribution in [2.75, 3.05) is 0 Å². The molecule has 4 aliphatic carbocycles. The Morgan fingerprint density at radius 1 is 0.920 bits per heavy atom. The van der Waals surface area contributed by atoms with E-state index in [4.69, 9.17) is 0 Å². The van der Waals surface area contributed by atoms with Crippen LogP contribution in [0.3, 0.4) is 0 Å². The first-order valence-corrected chi connectivity index (χ1v) is 9.10. The molecule has 4 aliphatic rings. The van der Waals surface area contributed by atoms with E-state index in [0.717, 1.165) is 6.42 Å². The van der Waals surface area contributed by atoms with E-state index in [2.05, 4.69) is 0 Å². The second kappa shape index (κ2) is 4.68. The summed E-state index contributed by atoms with van der Waals surface area (Å²) in [4.78, 5) is 0. The van der Waals surface area contributed by atoms with Crippen LogP contribution in [0.15, 0.2) is 0 Å². The molecule has 4 saturated carbocycles. The normalized spacial score (nSPS) is 55.4.